The highest BCUT2D eigenvalue weighted by atomic mass is 35.5. The van der Waals surface area contributed by atoms with Crippen molar-refractivity contribution in [3.05, 3.63) is 59.1 Å². The van der Waals surface area contributed by atoms with E-state index in [1.807, 2.05) is 0 Å². The van der Waals surface area contributed by atoms with Crippen LogP contribution in [0.3, 0.4) is 0 Å². The van der Waals surface area contributed by atoms with Gasteiger partial charge in [0.25, 0.3) is 10.0 Å². The average molecular weight is 435 g/mol. The van der Waals surface area contributed by atoms with Crippen LogP contribution in [0, 0.1) is 6.92 Å². The number of halogens is 1. The molecule has 2 aromatic carbocycles. The fraction of sp³-hybridized carbons (Fsp3) is 0.409. The summed E-state index contributed by atoms with van der Waals surface area (Å²) in [5.74, 6) is -0.203. The molecule has 1 aliphatic rings. The van der Waals surface area contributed by atoms with Gasteiger partial charge in [0.1, 0.15) is 6.54 Å². The molecule has 0 radical (unpaired) electrons. The number of rotatable bonds is 6. The number of amides is 1. The Hall–Kier alpha value is -2.05. The number of carbonyl (C=O) groups excluding carboxylic acids is 1. The molecule has 0 unspecified atom stereocenters. The van der Waals surface area contributed by atoms with Crippen LogP contribution < -0.4 is 4.31 Å². The first-order valence-electron chi connectivity index (χ1n) is 9.90. The number of benzene rings is 2. The molecule has 0 bridgehead atoms. The Bertz CT molecular complexity index is 957. The van der Waals surface area contributed by atoms with Crippen molar-refractivity contribution in [3.8, 4) is 0 Å². The van der Waals surface area contributed by atoms with Gasteiger partial charge in [-0.2, -0.15) is 0 Å². The van der Waals surface area contributed by atoms with Crippen LogP contribution in [-0.2, 0) is 14.8 Å². The van der Waals surface area contributed by atoms with Gasteiger partial charge >= 0.3 is 0 Å². The first kappa shape index (κ1) is 21.7. The van der Waals surface area contributed by atoms with Gasteiger partial charge in [-0.15, -0.1) is 0 Å². The fourth-order valence-corrected chi connectivity index (χ4v) is 5.55. The van der Waals surface area contributed by atoms with Crippen molar-refractivity contribution in [2.75, 3.05) is 17.9 Å². The molecule has 0 N–H and O–H groups in total. The summed E-state index contributed by atoms with van der Waals surface area (Å²) in [7, 11) is -2.13. The quantitative estimate of drug-likeness (QED) is 0.665. The maximum Gasteiger partial charge on any atom is 0.264 e. The number of anilines is 1. The number of sulfonamides is 1. The highest BCUT2D eigenvalue weighted by Gasteiger charge is 2.31. The van der Waals surface area contributed by atoms with Crippen molar-refractivity contribution in [3.63, 3.8) is 0 Å². The van der Waals surface area contributed by atoms with Crippen LogP contribution in [0.1, 0.15) is 37.7 Å². The zero-order valence-corrected chi connectivity index (χ0v) is 18.4. The smallest absolute Gasteiger partial charge is 0.264 e. The largest absolute Gasteiger partial charge is 0.341 e. The van der Waals surface area contributed by atoms with Gasteiger partial charge < -0.3 is 4.90 Å². The van der Waals surface area contributed by atoms with Crippen LogP contribution in [-0.4, -0.2) is 38.9 Å². The molecular weight excluding hydrogens is 408 g/mol. The van der Waals surface area contributed by atoms with E-state index in [9.17, 15) is 13.2 Å². The third kappa shape index (κ3) is 4.93. The van der Waals surface area contributed by atoms with Crippen molar-refractivity contribution >= 4 is 33.2 Å². The maximum atomic E-state index is 13.4. The summed E-state index contributed by atoms with van der Waals surface area (Å²) < 4.78 is 28.1. The van der Waals surface area contributed by atoms with Crippen LogP contribution in [0.25, 0.3) is 0 Å². The minimum absolute atomic E-state index is 0.155. The van der Waals surface area contributed by atoms with Gasteiger partial charge in [-0.05, 0) is 55.7 Å². The summed E-state index contributed by atoms with van der Waals surface area (Å²) in [5, 5.41) is 0.522. The third-order valence-electron chi connectivity index (χ3n) is 5.55. The summed E-state index contributed by atoms with van der Waals surface area (Å²) >= 11 is 6.07. The maximum absolute atomic E-state index is 13.4. The van der Waals surface area contributed by atoms with Gasteiger partial charge in [0, 0.05) is 18.1 Å². The van der Waals surface area contributed by atoms with E-state index >= 15 is 0 Å². The Labute approximate surface area is 178 Å². The minimum atomic E-state index is -3.91. The molecule has 0 aromatic heterocycles. The second kappa shape index (κ2) is 9.18. The number of carbonyl (C=O) groups is 1. The van der Waals surface area contributed by atoms with E-state index in [0.717, 1.165) is 25.7 Å². The molecular formula is C22H27ClN2O3S. The Balaban J connectivity index is 1.96. The molecule has 5 nitrogen and oxygen atoms in total. The molecule has 1 saturated carbocycles. The Kier molecular flexibility index (Phi) is 6.85. The van der Waals surface area contributed by atoms with E-state index in [0.29, 0.717) is 16.3 Å². The van der Waals surface area contributed by atoms with E-state index in [2.05, 4.69) is 0 Å². The molecule has 0 spiro atoms. The fourth-order valence-electron chi connectivity index (χ4n) is 3.82. The number of nitrogens with zero attached hydrogens (tertiary/aromatic N) is 2. The van der Waals surface area contributed by atoms with E-state index < -0.39 is 10.0 Å². The van der Waals surface area contributed by atoms with Gasteiger partial charge in [0.05, 0.1) is 10.6 Å². The highest BCUT2D eigenvalue weighted by molar-refractivity contribution is 7.92. The molecule has 2 aromatic rings. The molecule has 1 aliphatic carbocycles. The number of hydrogen-bond acceptors (Lipinski definition) is 3. The zero-order valence-electron chi connectivity index (χ0n) is 16.8. The van der Waals surface area contributed by atoms with Crippen molar-refractivity contribution in [2.24, 2.45) is 0 Å². The molecule has 156 valence electrons. The molecule has 1 fully saturated rings. The first-order valence-corrected chi connectivity index (χ1v) is 11.7. The van der Waals surface area contributed by atoms with Crippen LogP contribution in [0.5, 0.6) is 0 Å². The second-order valence-corrected chi connectivity index (χ2v) is 9.85. The van der Waals surface area contributed by atoms with E-state index in [1.54, 1.807) is 67.4 Å². The molecule has 0 atom stereocenters. The summed E-state index contributed by atoms with van der Waals surface area (Å²) in [6, 6.07) is 13.4. The summed E-state index contributed by atoms with van der Waals surface area (Å²) in [5.41, 5.74) is 1.16. The predicted molar refractivity (Wildman–Crippen MR) is 117 cm³/mol. The predicted octanol–water partition coefficient (Wildman–Crippen LogP) is 4.63. The molecule has 0 saturated heterocycles. The van der Waals surface area contributed by atoms with E-state index in [-0.39, 0.29) is 23.4 Å². The van der Waals surface area contributed by atoms with Gasteiger partial charge in [0.2, 0.25) is 5.91 Å². The average Bonchev–Trinajstić information content (AvgIpc) is 2.73. The Morgan fingerprint density at radius 3 is 2.34 bits per heavy atom. The molecule has 29 heavy (non-hydrogen) atoms. The molecule has 3 rings (SSSR count). The van der Waals surface area contributed by atoms with Crippen molar-refractivity contribution in [1.82, 2.24) is 4.90 Å². The number of aryl methyl sites for hydroxylation is 1. The van der Waals surface area contributed by atoms with Gasteiger partial charge in [-0.3, -0.25) is 9.10 Å². The lowest BCUT2D eigenvalue weighted by Gasteiger charge is -2.33. The normalized spacial score (nSPS) is 15.1. The lowest BCUT2D eigenvalue weighted by atomic mass is 9.94. The van der Waals surface area contributed by atoms with E-state index in [4.69, 9.17) is 11.6 Å². The van der Waals surface area contributed by atoms with Crippen LogP contribution in [0.15, 0.2) is 53.4 Å². The lowest BCUT2D eigenvalue weighted by Crippen LogP contribution is -2.46. The number of likely N-dealkylation sites (N-methyl/N-ethyl adjacent to an activating group) is 1. The van der Waals surface area contributed by atoms with Crippen molar-refractivity contribution in [1.29, 1.82) is 0 Å². The first-order chi connectivity index (χ1) is 13.8. The Morgan fingerprint density at radius 2 is 1.72 bits per heavy atom. The SMILES string of the molecule is Cc1cc(Cl)ccc1N(CC(=O)N(C)C1CCCCC1)S(=O)(=O)c1ccccc1. The second-order valence-electron chi connectivity index (χ2n) is 7.55. The topological polar surface area (TPSA) is 57.7 Å². The zero-order chi connectivity index (χ0) is 21.0. The summed E-state index contributed by atoms with van der Waals surface area (Å²) in [6.45, 7) is 1.55. The monoisotopic (exact) mass is 434 g/mol. The highest BCUT2D eigenvalue weighted by Crippen LogP contribution is 2.29. The molecule has 1 amide bonds. The van der Waals surface area contributed by atoms with E-state index in [1.165, 1.54) is 10.7 Å². The summed E-state index contributed by atoms with van der Waals surface area (Å²) in [6.07, 6.45) is 5.33. The van der Waals surface area contributed by atoms with Gasteiger partial charge in [-0.25, -0.2) is 8.42 Å². The van der Waals surface area contributed by atoms with Crippen LogP contribution in [0.4, 0.5) is 5.69 Å². The lowest BCUT2D eigenvalue weighted by molar-refractivity contribution is -0.130. The molecule has 0 aliphatic heterocycles. The third-order valence-corrected chi connectivity index (χ3v) is 7.56. The molecule has 0 heterocycles. The molecule has 7 heteroatoms. The van der Waals surface area contributed by atoms with Crippen molar-refractivity contribution < 1.29 is 13.2 Å². The number of hydrogen-bond donors (Lipinski definition) is 0. The summed E-state index contributed by atoms with van der Waals surface area (Å²) in [4.78, 5) is 15.0. The van der Waals surface area contributed by atoms with Gasteiger partial charge in [-0.1, -0.05) is 49.1 Å². The van der Waals surface area contributed by atoms with Crippen LogP contribution in [0.2, 0.25) is 5.02 Å². The standard InChI is InChI=1S/C22H27ClN2O3S/c1-17-15-18(23)13-14-21(17)25(29(27,28)20-11-7-4-8-12-20)16-22(26)24(2)19-9-5-3-6-10-19/h4,7-8,11-15,19H,3,5-6,9-10,16H2,1-2H3. The Morgan fingerprint density at radius 1 is 1.07 bits per heavy atom. The van der Waals surface area contributed by atoms with Crippen molar-refractivity contribution in [2.45, 2.75) is 50.0 Å². The minimum Gasteiger partial charge on any atom is -0.341 e. The van der Waals surface area contributed by atoms with Gasteiger partial charge in [0.15, 0.2) is 0 Å². The van der Waals surface area contributed by atoms with Crippen LogP contribution >= 0.6 is 11.6 Å².